The summed E-state index contributed by atoms with van der Waals surface area (Å²) < 4.78 is 0. The van der Waals surface area contributed by atoms with Crippen LogP contribution in [0.25, 0.3) is 0 Å². The van der Waals surface area contributed by atoms with Gasteiger partial charge in [0.15, 0.2) is 5.78 Å². The van der Waals surface area contributed by atoms with Gasteiger partial charge >= 0.3 is 0 Å². The third kappa shape index (κ3) is 4.96. The first kappa shape index (κ1) is 15.4. The van der Waals surface area contributed by atoms with E-state index in [2.05, 4.69) is 23.8 Å². The minimum Gasteiger partial charge on any atom is -0.299 e. The second-order valence-electron chi connectivity index (χ2n) is 3.92. The molecule has 0 unspecified atom stereocenters. The Morgan fingerprint density at radius 3 is 3.00 bits per heavy atom. The molecule has 2 nitrogen and oxygen atoms in total. The van der Waals surface area contributed by atoms with E-state index in [9.17, 15) is 4.79 Å². The largest absolute Gasteiger partial charge is 0.299 e. The third-order valence-corrected chi connectivity index (χ3v) is 2.62. The number of hydrogen-bond acceptors (Lipinski definition) is 2. The van der Waals surface area contributed by atoms with Gasteiger partial charge in [-0.05, 0) is 19.4 Å². The van der Waals surface area contributed by atoms with Crippen LogP contribution in [0, 0.1) is 12.3 Å². The topological polar surface area (TPSA) is 20.3 Å². The Bertz CT molecular complexity index is 291. The predicted octanol–water partition coefficient (Wildman–Crippen LogP) is 2.59. The van der Waals surface area contributed by atoms with Gasteiger partial charge in [0.2, 0.25) is 0 Å². The Balaban J connectivity index is 0.00000225. The molecule has 0 amide bonds. The highest BCUT2D eigenvalue weighted by Crippen LogP contribution is 2.12. The van der Waals surface area contributed by atoms with Gasteiger partial charge in [0.25, 0.3) is 0 Å². The van der Waals surface area contributed by atoms with Crippen molar-refractivity contribution in [3.63, 3.8) is 0 Å². The lowest BCUT2D eigenvalue weighted by Crippen LogP contribution is -2.32. The van der Waals surface area contributed by atoms with E-state index >= 15 is 0 Å². The summed E-state index contributed by atoms with van der Waals surface area (Å²) >= 11 is 0. The lowest BCUT2D eigenvalue weighted by Gasteiger charge is -2.26. The third-order valence-electron chi connectivity index (χ3n) is 2.62. The number of Topliss-reactive ketones (excluding diaryl/α,β-unsaturated/α-hetero) is 1. The summed E-state index contributed by atoms with van der Waals surface area (Å²) in [6, 6.07) is 0. The molecular weight excluding hydrogens is 266 g/mol. The van der Waals surface area contributed by atoms with E-state index in [-0.39, 0.29) is 22.8 Å². The van der Waals surface area contributed by atoms with Gasteiger partial charge < -0.3 is 0 Å². The van der Waals surface area contributed by atoms with E-state index in [1.54, 1.807) is 0 Å². The van der Waals surface area contributed by atoms with Gasteiger partial charge in [0.1, 0.15) is 0 Å². The Kier molecular flexibility index (Phi) is 8.23. The van der Waals surface area contributed by atoms with Crippen LogP contribution in [0.5, 0.6) is 0 Å². The van der Waals surface area contributed by atoms with Crippen LogP contribution in [-0.4, -0.2) is 30.3 Å². The van der Waals surface area contributed by atoms with Gasteiger partial charge in [-0.3, -0.25) is 9.69 Å². The molecular formula is C13H20BrNO. The van der Waals surface area contributed by atoms with Crippen LogP contribution in [0.15, 0.2) is 11.6 Å². The fourth-order valence-electron chi connectivity index (χ4n) is 1.86. The molecule has 90 valence electrons. The smallest absolute Gasteiger partial charge is 0.160 e. The molecule has 0 saturated heterocycles. The molecule has 0 aromatic carbocycles. The van der Waals surface area contributed by atoms with Gasteiger partial charge in [-0.2, -0.15) is 0 Å². The highest BCUT2D eigenvalue weighted by molar-refractivity contribution is 8.93. The SMILES string of the molecule is Br.C#CCCC(=O)C1=CCCN(CCC)C1. The number of carbonyl (C=O) groups excluding carboxylic acids is 1. The molecule has 0 saturated carbocycles. The molecule has 0 aromatic rings. The molecule has 0 N–H and O–H groups in total. The second kappa shape index (κ2) is 8.55. The standard InChI is InChI=1S/C13H19NO.BrH/c1-3-5-8-13(15)12-7-6-10-14(11-12)9-4-2;/h1,7H,4-6,8-11H2,2H3;1H. The summed E-state index contributed by atoms with van der Waals surface area (Å²) in [5.41, 5.74) is 0.963. The van der Waals surface area contributed by atoms with E-state index in [0.717, 1.165) is 38.0 Å². The van der Waals surface area contributed by atoms with Crippen molar-refractivity contribution in [1.82, 2.24) is 4.90 Å². The minimum atomic E-state index is 0. The van der Waals surface area contributed by atoms with Gasteiger partial charge in [-0.1, -0.05) is 13.0 Å². The number of carbonyl (C=O) groups is 1. The average Bonchev–Trinajstić information content (AvgIpc) is 2.27. The van der Waals surface area contributed by atoms with Crippen molar-refractivity contribution in [2.45, 2.75) is 32.6 Å². The maximum absolute atomic E-state index is 11.7. The van der Waals surface area contributed by atoms with Crippen molar-refractivity contribution in [2.75, 3.05) is 19.6 Å². The molecule has 1 aliphatic rings. The van der Waals surface area contributed by atoms with Gasteiger partial charge in [-0.25, -0.2) is 0 Å². The summed E-state index contributed by atoms with van der Waals surface area (Å²) in [7, 11) is 0. The monoisotopic (exact) mass is 285 g/mol. The molecule has 0 atom stereocenters. The number of rotatable bonds is 5. The zero-order valence-electron chi connectivity index (χ0n) is 9.87. The quantitative estimate of drug-likeness (QED) is 0.724. The highest BCUT2D eigenvalue weighted by Gasteiger charge is 2.16. The van der Waals surface area contributed by atoms with Crippen LogP contribution in [0.4, 0.5) is 0 Å². The summed E-state index contributed by atoms with van der Waals surface area (Å²) in [6.45, 7) is 5.15. The van der Waals surface area contributed by atoms with Crippen LogP contribution in [0.1, 0.15) is 32.6 Å². The fraction of sp³-hybridized carbons (Fsp3) is 0.615. The van der Waals surface area contributed by atoms with Crippen molar-refractivity contribution in [3.05, 3.63) is 11.6 Å². The van der Waals surface area contributed by atoms with Crippen molar-refractivity contribution >= 4 is 22.8 Å². The molecule has 1 rings (SSSR count). The van der Waals surface area contributed by atoms with Crippen LogP contribution in [0.3, 0.4) is 0 Å². The zero-order chi connectivity index (χ0) is 11.1. The number of terminal acetylenes is 1. The summed E-state index contributed by atoms with van der Waals surface area (Å²) in [4.78, 5) is 14.1. The first-order valence-electron chi connectivity index (χ1n) is 5.66. The van der Waals surface area contributed by atoms with Crippen molar-refractivity contribution < 1.29 is 4.79 Å². The summed E-state index contributed by atoms with van der Waals surface area (Å²) in [6.07, 6.45) is 10.4. The summed E-state index contributed by atoms with van der Waals surface area (Å²) in [5.74, 6) is 2.74. The van der Waals surface area contributed by atoms with Crippen molar-refractivity contribution in [1.29, 1.82) is 0 Å². The van der Waals surface area contributed by atoms with E-state index in [1.807, 2.05) is 0 Å². The van der Waals surface area contributed by atoms with Crippen LogP contribution in [-0.2, 0) is 4.79 Å². The zero-order valence-corrected chi connectivity index (χ0v) is 11.6. The van der Waals surface area contributed by atoms with Gasteiger partial charge in [0.05, 0.1) is 0 Å². The van der Waals surface area contributed by atoms with Gasteiger partial charge in [0, 0.05) is 31.5 Å². The first-order valence-corrected chi connectivity index (χ1v) is 5.66. The molecule has 1 aliphatic heterocycles. The molecule has 1 heterocycles. The minimum absolute atomic E-state index is 0. The summed E-state index contributed by atoms with van der Waals surface area (Å²) in [5, 5.41) is 0. The number of nitrogens with zero attached hydrogens (tertiary/aromatic N) is 1. The second-order valence-corrected chi connectivity index (χ2v) is 3.92. The Morgan fingerprint density at radius 1 is 1.62 bits per heavy atom. The van der Waals surface area contributed by atoms with Crippen LogP contribution < -0.4 is 0 Å². The van der Waals surface area contributed by atoms with Crippen molar-refractivity contribution in [2.24, 2.45) is 0 Å². The Labute approximate surface area is 109 Å². The number of hydrogen-bond donors (Lipinski definition) is 0. The van der Waals surface area contributed by atoms with E-state index in [4.69, 9.17) is 6.42 Å². The number of halogens is 1. The molecule has 0 radical (unpaired) electrons. The van der Waals surface area contributed by atoms with Crippen LogP contribution in [0.2, 0.25) is 0 Å². The van der Waals surface area contributed by atoms with E-state index in [0.29, 0.717) is 12.8 Å². The molecule has 0 spiro atoms. The average molecular weight is 286 g/mol. The Hall–Kier alpha value is -0.590. The molecule has 0 aromatic heterocycles. The lowest BCUT2D eigenvalue weighted by atomic mass is 10.0. The highest BCUT2D eigenvalue weighted by atomic mass is 79.9. The molecule has 0 aliphatic carbocycles. The fourth-order valence-corrected chi connectivity index (χ4v) is 1.86. The van der Waals surface area contributed by atoms with Crippen LogP contribution >= 0.6 is 17.0 Å². The van der Waals surface area contributed by atoms with Gasteiger partial charge in [-0.15, -0.1) is 29.3 Å². The normalized spacial score (nSPS) is 15.9. The first-order chi connectivity index (χ1) is 7.27. The van der Waals surface area contributed by atoms with E-state index in [1.165, 1.54) is 0 Å². The predicted molar refractivity (Wildman–Crippen MR) is 72.8 cm³/mol. The van der Waals surface area contributed by atoms with Crippen molar-refractivity contribution in [3.8, 4) is 12.3 Å². The molecule has 0 bridgehead atoms. The number of ketones is 1. The maximum atomic E-state index is 11.7. The van der Waals surface area contributed by atoms with E-state index < -0.39 is 0 Å². The molecule has 0 fully saturated rings. The Morgan fingerprint density at radius 2 is 2.38 bits per heavy atom. The molecule has 16 heavy (non-hydrogen) atoms. The molecule has 3 heteroatoms. The maximum Gasteiger partial charge on any atom is 0.160 e. The lowest BCUT2D eigenvalue weighted by molar-refractivity contribution is -0.115.